The number of carbonyl (C=O) groups excluding carboxylic acids is 2. The van der Waals surface area contributed by atoms with Crippen LogP contribution >= 0.6 is 24.0 Å². The second kappa shape index (κ2) is 6.06. The monoisotopic (exact) mass is 307 g/mol. The van der Waals surface area contributed by atoms with Gasteiger partial charge in [-0.1, -0.05) is 23.9 Å². The predicted octanol–water partition coefficient (Wildman–Crippen LogP) is 1.61. The molecule has 1 aliphatic heterocycles. The molecule has 104 valence electrons. The van der Waals surface area contributed by atoms with Crippen LogP contribution in [0.2, 0.25) is 0 Å². The number of rotatable bonds is 4. The Balaban J connectivity index is 2.21. The van der Waals surface area contributed by atoms with Crippen LogP contribution in [0.5, 0.6) is 0 Å². The van der Waals surface area contributed by atoms with Gasteiger partial charge in [0.15, 0.2) is 4.32 Å². The van der Waals surface area contributed by atoms with Crippen LogP contribution in [-0.4, -0.2) is 35.7 Å². The molecule has 0 radical (unpaired) electrons. The third-order valence-corrected chi connectivity index (χ3v) is 3.98. The van der Waals surface area contributed by atoms with Crippen molar-refractivity contribution in [3.63, 3.8) is 0 Å². The molecule has 2 rings (SSSR count). The summed E-state index contributed by atoms with van der Waals surface area (Å²) in [5.41, 5.74) is 4.26. The standard InChI is InChI=1S/C13H13N3O2S2/c1-15(2)10-5-3-9(4-6-10)7-11-12(18)16(14-8-17)13(19)20-11/h3-8H,1-2H3,(H,14,17)/b11-7+. The first-order chi connectivity index (χ1) is 9.52. The van der Waals surface area contributed by atoms with Crippen LogP contribution < -0.4 is 10.3 Å². The van der Waals surface area contributed by atoms with Crippen molar-refractivity contribution in [2.75, 3.05) is 19.0 Å². The SMILES string of the molecule is CN(C)c1ccc(/C=C2/SC(=S)N(NC=O)C2=O)cc1. The number of anilines is 1. The zero-order valence-electron chi connectivity index (χ0n) is 11.0. The van der Waals surface area contributed by atoms with Crippen LogP contribution in [0, 0.1) is 0 Å². The van der Waals surface area contributed by atoms with Gasteiger partial charge in [0.2, 0.25) is 6.41 Å². The molecule has 1 saturated heterocycles. The molecule has 7 heteroatoms. The van der Waals surface area contributed by atoms with E-state index in [9.17, 15) is 9.59 Å². The predicted molar refractivity (Wildman–Crippen MR) is 85.0 cm³/mol. The Morgan fingerprint density at radius 3 is 2.50 bits per heavy atom. The molecule has 0 saturated carbocycles. The Morgan fingerprint density at radius 1 is 1.30 bits per heavy atom. The van der Waals surface area contributed by atoms with Gasteiger partial charge < -0.3 is 4.90 Å². The highest BCUT2D eigenvalue weighted by Gasteiger charge is 2.32. The lowest BCUT2D eigenvalue weighted by molar-refractivity contribution is -0.128. The molecule has 1 fully saturated rings. The van der Waals surface area contributed by atoms with E-state index in [1.165, 1.54) is 0 Å². The average Bonchev–Trinajstić information content (AvgIpc) is 2.67. The maximum atomic E-state index is 12.0. The molecule has 0 spiro atoms. The van der Waals surface area contributed by atoms with Gasteiger partial charge in [-0.05, 0) is 36.0 Å². The molecule has 5 nitrogen and oxygen atoms in total. The zero-order valence-corrected chi connectivity index (χ0v) is 12.6. The van der Waals surface area contributed by atoms with Gasteiger partial charge in [0.05, 0.1) is 4.91 Å². The fourth-order valence-corrected chi connectivity index (χ4v) is 2.85. The minimum Gasteiger partial charge on any atom is -0.378 e. The lowest BCUT2D eigenvalue weighted by atomic mass is 10.2. The summed E-state index contributed by atoms with van der Waals surface area (Å²) < 4.78 is 0.318. The number of hydrazine groups is 1. The van der Waals surface area contributed by atoms with Crippen molar-refractivity contribution in [1.29, 1.82) is 0 Å². The number of thiocarbonyl (C=S) groups is 1. The number of benzene rings is 1. The van der Waals surface area contributed by atoms with Crippen molar-refractivity contribution in [3.8, 4) is 0 Å². The van der Waals surface area contributed by atoms with Crippen LogP contribution in [0.3, 0.4) is 0 Å². The Bertz CT molecular complexity index is 582. The first kappa shape index (κ1) is 14.5. The highest BCUT2D eigenvalue weighted by molar-refractivity contribution is 8.26. The van der Waals surface area contributed by atoms with Crippen LogP contribution in [0.25, 0.3) is 6.08 Å². The molecule has 1 heterocycles. The molecule has 0 aliphatic carbocycles. The number of hydrogen-bond acceptors (Lipinski definition) is 5. The third-order valence-electron chi connectivity index (χ3n) is 2.68. The van der Waals surface area contributed by atoms with E-state index < -0.39 is 0 Å². The molecule has 0 bridgehead atoms. The van der Waals surface area contributed by atoms with E-state index in [1.807, 2.05) is 43.3 Å². The summed E-state index contributed by atoms with van der Waals surface area (Å²) in [7, 11) is 3.93. The second-order valence-electron chi connectivity index (χ2n) is 4.25. The average molecular weight is 307 g/mol. The highest BCUT2D eigenvalue weighted by Crippen LogP contribution is 2.31. The normalized spacial score (nSPS) is 16.7. The van der Waals surface area contributed by atoms with E-state index in [-0.39, 0.29) is 5.91 Å². The maximum Gasteiger partial charge on any atom is 0.285 e. The molecule has 1 aliphatic rings. The molecular weight excluding hydrogens is 294 g/mol. The van der Waals surface area contributed by atoms with Gasteiger partial charge in [0.25, 0.3) is 5.91 Å². The number of thioether (sulfide) groups is 1. The zero-order chi connectivity index (χ0) is 14.7. The van der Waals surface area contributed by atoms with E-state index in [2.05, 4.69) is 5.43 Å². The maximum absolute atomic E-state index is 12.0. The first-order valence-corrected chi connectivity index (χ1v) is 7.00. The minimum atomic E-state index is -0.316. The van der Waals surface area contributed by atoms with Gasteiger partial charge in [-0.2, -0.15) is 5.01 Å². The fourth-order valence-electron chi connectivity index (χ4n) is 1.65. The molecule has 1 aromatic carbocycles. The molecule has 0 atom stereocenters. The summed E-state index contributed by atoms with van der Waals surface area (Å²) in [5.74, 6) is -0.316. The topological polar surface area (TPSA) is 52.6 Å². The Hall–Kier alpha value is -1.86. The number of hydrogen-bond donors (Lipinski definition) is 1. The molecule has 2 amide bonds. The van der Waals surface area contributed by atoms with Crippen LogP contribution in [0.4, 0.5) is 5.69 Å². The van der Waals surface area contributed by atoms with Crippen molar-refractivity contribution in [3.05, 3.63) is 34.7 Å². The lowest BCUT2D eigenvalue weighted by Gasteiger charge is -2.12. The summed E-state index contributed by atoms with van der Waals surface area (Å²) in [6.45, 7) is 0. The lowest BCUT2D eigenvalue weighted by Crippen LogP contribution is -2.40. The summed E-state index contributed by atoms with van der Waals surface area (Å²) >= 11 is 6.19. The molecule has 0 aromatic heterocycles. The van der Waals surface area contributed by atoms with Gasteiger partial charge >= 0.3 is 0 Å². The smallest absolute Gasteiger partial charge is 0.285 e. The fraction of sp³-hybridized carbons (Fsp3) is 0.154. The van der Waals surface area contributed by atoms with Gasteiger partial charge in [0, 0.05) is 19.8 Å². The van der Waals surface area contributed by atoms with Crippen molar-refractivity contribution < 1.29 is 9.59 Å². The van der Waals surface area contributed by atoms with Gasteiger partial charge in [-0.15, -0.1) is 0 Å². The van der Waals surface area contributed by atoms with Gasteiger partial charge in [0.1, 0.15) is 0 Å². The van der Waals surface area contributed by atoms with Gasteiger partial charge in [-0.3, -0.25) is 15.0 Å². The molecular formula is C13H13N3O2S2. The summed E-state index contributed by atoms with van der Waals surface area (Å²) in [5, 5.41) is 1.06. The number of amides is 2. The van der Waals surface area contributed by atoms with E-state index in [4.69, 9.17) is 12.2 Å². The minimum absolute atomic E-state index is 0.316. The molecule has 20 heavy (non-hydrogen) atoms. The van der Waals surface area contributed by atoms with E-state index in [0.717, 1.165) is 28.0 Å². The quantitative estimate of drug-likeness (QED) is 0.520. The van der Waals surface area contributed by atoms with Crippen LogP contribution in [0.1, 0.15) is 5.56 Å². The summed E-state index contributed by atoms with van der Waals surface area (Å²) in [6, 6.07) is 7.79. The summed E-state index contributed by atoms with van der Waals surface area (Å²) in [4.78, 5) is 24.9. The number of carbonyl (C=O) groups is 2. The van der Waals surface area contributed by atoms with E-state index >= 15 is 0 Å². The van der Waals surface area contributed by atoms with Crippen LogP contribution in [0.15, 0.2) is 29.2 Å². The Morgan fingerprint density at radius 2 is 1.95 bits per heavy atom. The summed E-state index contributed by atoms with van der Waals surface area (Å²) in [6.07, 6.45) is 2.19. The van der Waals surface area contributed by atoms with Crippen molar-refractivity contribution in [2.24, 2.45) is 0 Å². The Labute approximate surface area is 126 Å². The molecule has 0 unspecified atom stereocenters. The molecule has 1 aromatic rings. The Kier molecular flexibility index (Phi) is 4.41. The van der Waals surface area contributed by atoms with E-state index in [1.54, 1.807) is 6.08 Å². The third kappa shape index (κ3) is 3.00. The first-order valence-electron chi connectivity index (χ1n) is 5.78. The largest absolute Gasteiger partial charge is 0.378 e. The number of nitrogens with one attached hydrogen (secondary N) is 1. The second-order valence-corrected chi connectivity index (χ2v) is 5.93. The van der Waals surface area contributed by atoms with Crippen LogP contribution in [-0.2, 0) is 9.59 Å². The van der Waals surface area contributed by atoms with Gasteiger partial charge in [-0.25, -0.2) is 0 Å². The van der Waals surface area contributed by atoms with Crippen molar-refractivity contribution in [1.82, 2.24) is 10.4 Å². The van der Waals surface area contributed by atoms with Crippen molar-refractivity contribution >= 4 is 52.4 Å². The highest BCUT2D eigenvalue weighted by atomic mass is 32.2. The molecule has 1 N–H and O–H groups in total. The van der Waals surface area contributed by atoms with Crippen molar-refractivity contribution in [2.45, 2.75) is 0 Å². The van der Waals surface area contributed by atoms with E-state index in [0.29, 0.717) is 15.6 Å². The number of nitrogens with zero attached hydrogens (tertiary/aromatic N) is 2.